The van der Waals surface area contributed by atoms with Gasteiger partial charge in [-0.05, 0) is 37.1 Å². The molecule has 0 atom stereocenters. The van der Waals surface area contributed by atoms with Gasteiger partial charge in [-0.1, -0.05) is 0 Å². The number of sulfonamides is 1. The number of rotatable bonds is 6. The summed E-state index contributed by atoms with van der Waals surface area (Å²) in [5.74, 6) is -0.290. The maximum absolute atomic E-state index is 12.7. The predicted molar refractivity (Wildman–Crippen MR) is 111 cm³/mol. The van der Waals surface area contributed by atoms with E-state index in [1.54, 1.807) is 24.3 Å². The first-order chi connectivity index (χ1) is 14.3. The summed E-state index contributed by atoms with van der Waals surface area (Å²) in [6, 6.07) is 8.62. The van der Waals surface area contributed by atoms with Crippen LogP contribution in [0.25, 0.3) is 0 Å². The molecule has 0 spiro atoms. The Kier molecular flexibility index (Phi) is 6.11. The van der Waals surface area contributed by atoms with E-state index in [-0.39, 0.29) is 22.8 Å². The molecule has 30 heavy (non-hydrogen) atoms. The zero-order valence-corrected chi connectivity index (χ0v) is 17.3. The zero-order chi connectivity index (χ0) is 21.9. The van der Waals surface area contributed by atoms with Crippen molar-refractivity contribution in [1.29, 1.82) is 0 Å². The van der Waals surface area contributed by atoms with Crippen molar-refractivity contribution in [1.82, 2.24) is 0 Å². The third-order valence-electron chi connectivity index (χ3n) is 4.71. The monoisotopic (exact) mass is 435 g/mol. The lowest BCUT2D eigenvalue weighted by Crippen LogP contribution is -2.37. The van der Waals surface area contributed by atoms with Crippen molar-refractivity contribution in [2.75, 3.05) is 36.1 Å². The van der Waals surface area contributed by atoms with Gasteiger partial charge in [0.2, 0.25) is 10.0 Å². The van der Waals surface area contributed by atoms with Crippen molar-refractivity contribution in [3.05, 3.63) is 52.1 Å². The highest BCUT2D eigenvalue weighted by Gasteiger charge is 2.27. The number of nitrogens with zero attached hydrogens (tertiary/aromatic N) is 2. The number of nitrogens with one attached hydrogen (secondary N) is 1. The van der Waals surface area contributed by atoms with Gasteiger partial charge in [0.15, 0.2) is 11.5 Å². The topological polar surface area (TPSA) is 128 Å². The van der Waals surface area contributed by atoms with Crippen LogP contribution >= 0.6 is 0 Å². The first-order valence-corrected chi connectivity index (χ1v) is 10.7. The predicted octanol–water partition coefficient (Wildman–Crippen LogP) is 2.79. The summed E-state index contributed by atoms with van der Waals surface area (Å²) in [5, 5.41) is 14.0. The van der Waals surface area contributed by atoms with E-state index < -0.39 is 26.5 Å². The van der Waals surface area contributed by atoms with Crippen LogP contribution in [-0.4, -0.2) is 45.8 Å². The highest BCUT2D eigenvalue weighted by molar-refractivity contribution is 7.92. The van der Waals surface area contributed by atoms with Crippen LogP contribution in [0.5, 0.6) is 11.5 Å². The molecular weight excluding hydrogens is 414 g/mol. The van der Waals surface area contributed by atoms with Gasteiger partial charge in [0.05, 0.1) is 36.6 Å². The second kappa shape index (κ2) is 8.57. The van der Waals surface area contributed by atoms with Gasteiger partial charge in [-0.25, -0.2) is 8.42 Å². The number of hydrogen-bond acceptors (Lipinski definition) is 7. The van der Waals surface area contributed by atoms with E-state index in [4.69, 9.17) is 9.47 Å². The SMILES string of the molecule is COc1cc(C(=O)Nc2ccc(N3CCCCS3(=O)=O)cc2)c([N+](=O)[O-])cc1OC. The lowest BCUT2D eigenvalue weighted by molar-refractivity contribution is -0.385. The Bertz CT molecular complexity index is 1070. The zero-order valence-electron chi connectivity index (χ0n) is 16.5. The van der Waals surface area contributed by atoms with Crippen molar-refractivity contribution >= 4 is 33.0 Å². The number of nitro groups is 1. The quantitative estimate of drug-likeness (QED) is 0.546. The number of carbonyl (C=O) groups is 1. The van der Waals surface area contributed by atoms with Gasteiger partial charge in [-0.3, -0.25) is 19.2 Å². The van der Waals surface area contributed by atoms with Crippen LogP contribution in [0.3, 0.4) is 0 Å². The number of methoxy groups -OCH3 is 2. The lowest BCUT2D eigenvalue weighted by atomic mass is 10.1. The van der Waals surface area contributed by atoms with Crippen molar-refractivity contribution in [3.8, 4) is 11.5 Å². The van der Waals surface area contributed by atoms with Gasteiger partial charge in [0, 0.05) is 18.3 Å². The molecular formula is C19H21N3O7S. The molecule has 1 aliphatic heterocycles. The van der Waals surface area contributed by atoms with Crippen LogP contribution in [0.15, 0.2) is 36.4 Å². The number of ether oxygens (including phenoxy) is 2. The van der Waals surface area contributed by atoms with Gasteiger partial charge in [0.1, 0.15) is 5.56 Å². The third kappa shape index (κ3) is 4.30. The molecule has 2 aromatic rings. The second-order valence-corrected chi connectivity index (χ2v) is 8.59. The Morgan fingerprint density at radius 1 is 1.10 bits per heavy atom. The standard InChI is InChI=1S/C19H21N3O7S/c1-28-17-11-15(16(22(24)25)12-18(17)29-2)19(23)20-13-5-7-14(8-6-13)21-9-3-4-10-30(21,26)27/h5-8,11-12H,3-4,9-10H2,1-2H3,(H,20,23). The summed E-state index contributed by atoms with van der Waals surface area (Å²) in [4.78, 5) is 23.4. The Morgan fingerprint density at radius 3 is 2.30 bits per heavy atom. The molecule has 0 bridgehead atoms. The molecule has 1 N–H and O–H groups in total. The highest BCUT2D eigenvalue weighted by atomic mass is 32.2. The van der Waals surface area contributed by atoms with Gasteiger partial charge in [0.25, 0.3) is 11.6 Å². The second-order valence-electron chi connectivity index (χ2n) is 6.58. The van der Waals surface area contributed by atoms with E-state index in [0.717, 1.165) is 12.5 Å². The summed E-state index contributed by atoms with van der Waals surface area (Å²) in [6.07, 6.45) is 1.41. The molecule has 0 radical (unpaired) electrons. The Morgan fingerprint density at radius 2 is 1.73 bits per heavy atom. The molecule has 3 rings (SSSR count). The number of amides is 1. The molecule has 160 valence electrons. The molecule has 1 fully saturated rings. The van der Waals surface area contributed by atoms with Crippen molar-refractivity contribution < 1.29 is 27.6 Å². The van der Waals surface area contributed by atoms with Crippen LogP contribution in [0, 0.1) is 10.1 Å². The van der Waals surface area contributed by atoms with Crippen molar-refractivity contribution in [3.63, 3.8) is 0 Å². The number of benzene rings is 2. The fraction of sp³-hybridized carbons (Fsp3) is 0.316. The first-order valence-electron chi connectivity index (χ1n) is 9.09. The summed E-state index contributed by atoms with van der Waals surface area (Å²) in [6.45, 7) is 0.409. The molecule has 11 heteroatoms. The Balaban J connectivity index is 1.85. The summed E-state index contributed by atoms with van der Waals surface area (Å²) >= 11 is 0. The molecule has 0 aliphatic carbocycles. The van der Waals surface area contributed by atoms with E-state index in [0.29, 0.717) is 24.3 Å². The normalized spacial score (nSPS) is 15.3. The molecule has 1 amide bonds. The van der Waals surface area contributed by atoms with Gasteiger partial charge in [-0.15, -0.1) is 0 Å². The minimum absolute atomic E-state index is 0.106. The van der Waals surface area contributed by atoms with E-state index in [1.807, 2.05) is 0 Å². The van der Waals surface area contributed by atoms with Crippen LogP contribution in [-0.2, 0) is 10.0 Å². The van der Waals surface area contributed by atoms with Crippen molar-refractivity contribution in [2.45, 2.75) is 12.8 Å². The summed E-state index contributed by atoms with van der Waals surface area (Å²) < 4.78 is 36.0. The third-order valence-corrected chi connectivity index (χ3v) is 6.58. The van der Waals surface area contributed by atoms with Crippen LogP contribution in [0.2, 0.25) is 0 Å². The molecule has 10 nitrogen and oxygen atoms in total. The van der Waals surface area contributed by atoms with Gasteiger partial charge < -0.3 is 14.8 Å². The van der Waals surface area contributed by atoms with Gasteiger partial charge in [-0.2, -0.15) is 0 Å². The Hall–Kier alpha value is -3.34. The smallest absolute Gasteiger partial charge is 0.286 e. The lowest BCUT2D eigenvalue weighted by Gasteiger charge is -2.28. The molecule has 1 saturated heterocycles. The van der Waals surface area contributed by atoms with E-state index in [9.17, 15) is 23.3 Å². The molecule has 0 saturated carbocycles. The minimum atomic E-state index is -3.34. The minimum Gasteiger partial charge on any atom is -0.493 e. The molecule has 1 heterocycles. The number of anilines is 2. The summed E-state index contributed by atoms with van der Waals surface area (Å²) in [5.41, 5.74) is 0.244. The van der Waals surface area contributed by atoms with Crippen LogP contribution in [0.4, 0.5) is 17.1 Å². The molecule has 0 aromatic heterocycles. The maximum Gasteiger partial charge on any atom is 0.286 e. The number of hydrogen-bond donors (Lipinski definition) is 1. The molecule has 1 aliphatic rings. The average Bonchev–Trinajstić information content (AvgIpc) is 2.73. The van der Waals surface area contributed by atoms with E-state index >= 15 is 0 Å². The van der Waals surface area contributed by atoms with E-state index in [2.05, 4.69) is 5.32 Å². The number of carbonyl (C=O) groups excluding carboxylic acids is 1. The summed E-state index contributed by atoms with van der Waals surface area (Å²) in [7, 11) is -0.641. The fourth-order valence-corrected chi connectivity index (χ4v) is 4.83. The maximum atomic E-state index is 12.7. The molecule has 2 aromatic carbocycles. The average molecular weight is 435 g/mol. The fourth-order valence-electron chi connectivity index (χ4n) is 3.19. The van der Waals surface area contributed by atoms with Crippen LogP contribution in [0.1, 0.15) is 23.2 Å². The van der Waals surface area contributed by atoms with E-state index in [1.165, 1.54) is 24.6 Å². The Labute approximate surface area is 173 Å². The number of nitro benzene ring substituents is 1. The van der Waals surface area contributed by atoms with Crippen molar-refractivity contribution in [2.24, 2.45) is 0 Å². The van der Waals surface area contributed by atoms with Gasteiger partial charge >= 0.3 is 0 Å². The highest BCUT2D eigenvalue weighted by Crippen LogP contribution is 2.35. The molecule has 0 unspecified atom stereocenters. The largest absolute Gasteiger partial charge is 0.493 e. The van der Waals surface area contributed by atoms with Crippen LogP contribution < -0.4 is 19.1 Å². The first kappa shape index (κ1) is 21.4.